The highest BCUT2D eigenvalue weighted by molar-refractivity contribution is 6.38. The van der Waals surface area contributed by atoms with Crippen LogP contribution in [0.25, 0.3) is 22.0 Å². The number of allylic oxidation sites excluding steroid dienone is 1. The number of nitrogens with zero attached hydrogens (tertiary/aromatic N) is 3. The van der Waals surface area contributed by atoms with Crippen LogP contribution in [-0.2, 0) is 9.53 Å². The van der Waals surface area contributed by atoms with Crippen molar-refractivity contribution < 1.29 is 27.8 Å². The predicted molar refractivity (Wildman–Crippen MR) is 181 cm³/mol. The van der Waals surface area contributed by atoms with Crippen molar-refractivity contribution in [3.05, 3.63) is 106 Å². The van der Waals surface area contributed by atoms with Crippen LogP contribution in [0.3, 0.4) is 0 Å². The summed E-state index contributed by atoms with van der Waals surface area (Å²) in [5.74, 6) is -1.26. The van der Waals surface area contributed by atoms with E-state index in [0.29, 0.717) is 39.7 Å². The van der Waals surface area contributed by atoms with E-state index in [1.807, 2.05) is 31.2 Å². The van der Waals surface area contributed by atoms with Gasteiger partial charge in [-0.05, 0) is 57.0 Å². The van der Waals surface area contributed by atoms with Crippen LogP contribution in [-0.4, -0.2) is 71.2 Å². The number of carbonyl (C=O) groups is 2. The fraction of sp³-hybridized carbons (Fsp3) is 0.306. The molecule has 0 fully saturated rings. The van der Waals surface area contributed by atoms with Gasteiger partial charge in [-0.3, -0.25) is 4.79 Å². The van der Waals surface area contributed by atoms with Gasteiger partial charge in [0, 0.05) is 72.6 Å². The first-order valence-corrected chi connectivity index (χ1v) is 15.6. The lowest BCUT2D eigenvalue weighted by molar-refractivity contribution is -0.123. The van der Waals surface area contributed by atoms with E-state index in [1.54, 1.807) is 59.3 Å². The second-order valence-corrected chi connectivity index (χ2v) is 12.4. The van der Waals surface area contributed by atoms with Crippen LogP contribution in [0.5, 0.6) is 5.88 Å². The number of rotatable bonds is 11. The third-order valence-electron chi connectivity index (χ3n) is 7.12. The summed E-state index contributed by atoms with van der Waals surface area (Å²) in [6.07, 6.45) is 4.46. The van der Waals surface area contributed by atoms with E-state index in [9.17, 15) is 14.0 Å². The summed E-state index contributed by atoms with van der Waals surface area (Å²) in [4.78, 5) is 35.5. The molecule has 0 aliphatic heterocycles. The number of pyridine rings is 1. The molecular formula is C36H39ClF2N4O4. The number of halogens is 3. The molecule has 4 rings (SSSR count). The molecule has 2 heterocycles. The lowest BCUT2D eigenvalue weighted by atomic mass is 9.91. The Labute approximate surface area is 278 Å². The number of likely N-dealkylation sites (N-methyl/N-ethyl adjacent to an activating group) is 1. The topological polar surface area (TPSA) is 87.8 Å². The van der Waals surface area contributed by atoms with Crippen LogP contribution in [0.1, 0.15) is 50.9 Å². The van der Waals surface area contributed by atoms with Crippen molar-refractivity contribution >= 4 is 45.7 Å². The second-order valence-electron chi connectivity index (χ2n) is 12.0. The van der Waals surface area contributed by atoms with Gasteiger partial charge >= 0.3 is 6.09 Å². The fourth-order valence-corrected chi connectivity index (χ4v) is 5.18. The lowest BCUT2D eigenvalue weighted by Gasteiger charge is -2.26. The van der Waals surface area contributed by atoms with E-state index in [2.05, 4.69) is 9.97 Å². The van der Waals surface area contributed by atoms with Crippen LogP contribution in [0.2, 0.25) is 5.02 Å². The summed E-state index contributed by atoms with van der Waals surface area (Å²) in [6.45, 7) is 7.62. The first kappa shape index (κ1) is 35.2. The predicted octanol–water partition coefficient (Wildman–Crippen LogP) is 8.12. The molecule has 0 unspecified atom stereocenters. The van der Waals surface area contributed by atoms with Gasteiger partial charge in [0.1, 0.15) is 23.8 Å². The highest BCUT2D eigenvalue weighted by Gasteiger charge is 2.23. The number of hydrogen-bond donors (Lipinski definition) is 1. The van der Waals surface area contributed by atoms with Crippen molar-refractivity contribution in [1.29, 1.82) is 0 Å². The Bertz CT molecular complexity index is 1790. The molecule has 0 saturated heterocycles. The molecule has 0 bridgehead atoms. The maximum atomic E-state index is 15.1. The summed E-state index contributed by atoms with van der Waals surface area (Å²) in [6, 6.07) is 14.5. The first-order valence-electron chi connectivity index (χ1n) is 15.2. The zero-order valence-electron chi connectivity index (χ0n) is 27.4. The van der Waals surface area contributed by atoms with Crippen molar-refractivity contribution in [3.63, 3.8) is 0 Å². The number of carbonyl (C=O) groups excluding carboxylic acids is 2. The van der Waals surface area contributed by atoms with E-state index < -0.39 is 23.3 Å². The number of benzene rings is 2. The van der Waals surface area contributed by atoms with Crippen molar-refractivity contribution in [3.8, 4) is 5.88 Å². The normalized spacial score (nSPS) is 12.3. The van der Waals surface area contributed by atoms with Gasteiger partial charge < -0.3 is 24.3 Å². The number of H-pyrrole nitrogens is 1. The molecule has 0 spiro atoms. The fourth-order valence-electron chi connectivity index (χ4n) is 4.87. The zero-order valence-corrected chi connectivity index (χ0v) is 28.1. The Morgan fingerprint density at radius 2 is 1.81 bits per heavy atom. The maximum Gasteiger partial charge on any atom is 0.410 e. The van der Waals surface area contributed by atoms with Gasteiger partial charge in [0.15, 0.2) is 0 Å². The van der Waals surface area contributed by atoms with Gasteiger partial charge in [-0.15, -0.1) is 0 Å². The van der Waals surface area contributed by atoms with Crippen LogP contribution >= 0.6 is 11.6 Å². The Morgan fingerprint density at radius 3 is 2.43 bits per heavy atom. The number of para-hydroxylation sites is 1. The SMILES string of the molecule is CC/C(=C(/c1ccc(OCCN(C/C=C/C(=O)N(C)C)C(=O)OC(C)(C)C)nc1)c1[nH]c2ccccc2c1Cl)c1ccc(F)cc1F. The molecule has 248 valence electrons. The lowest BCUT2D eigenvalue weighted by Crippen LogP contribution is -2.39. The van der Waals surface area contributed by atoms with Crippen molar-refractivity contribution in [2.45, 2.75) is 39.7 Å². The number of ether oxygens (including phenoxy) is 2. The summed E-state index contributed by atoms with van der Waals surface area (Å²) in [5, 5.41) is 1.27. The Hall–Kier alpha value is -4.70. The molecule has 47 heavy (non-hydrogen) atoms. The molecule has 4 aromatic rings. The molecule has 0 aliphatic carbocycles. The third-order valence-corrected chi connectivity index (χ3v) is 7.51. The van der Waals surface area contributed by atoms with Gasteiger partial charge in [0.25, 0.3) is 0 Å². The van der Waals surface area contributed by atoms with Crippen molar-refractivity contribution in [2.75, 3.05) is 33.8 Å². The maximum absolute atomic E-state index is 15.1. The molecule has 0 atom stereocenters. The van der Waals surface area contributed by atoms with E-state index >= 15 is 4.39 Å². The molecule has 2 amide bonds. The molecule has 0 aliphatic rings. The Morgan fingerprint density at radius 1 is 1.06 bits per heavy atom. The zero-order chi connectivity index (χ0) is 34.3. The van der Waals surface area contributed by atoms with Crippen molar-refractivity contribution in [2.24, 2.45) is 0 Å². The van der Waals surface area contributed by atoms with Crippen LogP contribution in [0, 0.1) is 11.6 Å². The summed E-state index contributed by atoms with van der Waals surface area (Å²) >= 11 is 6.89. The summed E-state index contributed by atoms with van der Waals surface area (Å²) in [5.41, 5.74) is 2.80. The molecule has 8 nitrogen and oxygen atoms in total. The number of fused-ring (bicyclic) bond motifs is 1. The van der Waals surface area contributed by atoms with Crippen molar-refractivity contribution in [1.82, 2.24) is 19.8 Å². The number of aromatic amines is 1. The van der Waals surface area contributed by atoms with Gasteiger partial charge in [-0.25, -0.2) is 18.6 Å². The van der Waals surface area contributed by atoms with E-state index in [0.717, 1.165) is 17.0 Å². The summed E-state index contributed by atoms with van der Waals surface area (Å²) in [7, 11) is 3.28. The molecule has 0 radical (unpaired) electrons. The number of aromatic nitrogens is 2. The standard InChI is InChI=1S/C36H39ClF2N4O4/c1-7-25(26-16-15-24(38)21-28(26)39)32(34-33(37)27-11-8-9-12-29(27)41-34)23-14-17-30(40-22-23)46-20-19-43(35(45)47-36(2,3)4)18-10-13-31(44)42(5)6/h8-17,21-22,41H,7,18-20H2,1-6H3/b13-10+,32-25+. The molecule has 2 aromatic carbocycles. The average molecular weight is 665 g/mol. The van der Waals surface area contributed by atoms with E-state index in [1.165, 1.54) is 28.0 Å². The summed E-state index contributed by atoms with van der Waals surface area (Å²) < 4.78 is 40.4. The van der Waals surface area contributed by atoms with Gasteiger partial charge in [-0.1, -0.05) is 42.8 Å². The minimum absolute atomic E-state index is 0.0958. The average Bonchev–Trinajstić information content (AvgIpc) is 3.34. The largest absolute Gasteiger partial charge is 0.476 e. The third kappa shape index (κ3) is 8.98. The molecular weight excluding hydrogens is 626 g/mol. The molecule has 0 saturated carbocycles. The molecule has 1 N–H and O–H groups in total. The number of amides is 2. The van der Waals surface area contributed by atoms with Crippen LogP contribution in [0.15, 0.2) is 72.9 Å². The Balaban J connectivity index is 1.62. The number of nitrogens with one attached hydrogen (secondary N) is 1. The van der Waals surface area contributed by atoms with Gasteiger partial charge in [0.05, 0.1) is 17.3 Å². The monoisotopic (exact) mass is 664 g/mol. The van der Waals surface area contributed by atoms with Gasteiger partial charge in [0.2, 0.25) is 11.8 Å². The van der Waals surface area contributed by atoms with Crippen LogP contribution < -0.4 is 4.74 Å². The number of hydrogen-bond acceptors (Lipinski definition) is 5. The van der Waals surface area contributed by atoms with Gasteiger partial charge in [-0.2, -0.15) is 0 Å². The second kappa shape index (κ2) is 15.3. The molecule has 2 aromatic heterocycles. The smallest absolute Gasteiger partial charge is 0.410 e. The highest BCUT2D eigenvalue weighted by atomic mass is 35.5. The quantitative estimate of drug-likeness (QED) is 0.164. The minimum atomic E-state index is -0.704. The van der Waals surface area contributed by atoms with E-state index in [4.69, 9.17) is 21.1 Å². The minimum Gasteiger partial charge on any atom is -0.476 e. The highest BCUT2D eigenvalue weighted by Crippen LogP contribution is 2.40. The molecule has 11 heteroatoms. The Kier molecular flexibility index (Phi) is 11.4. The van der Waals surface area contributed by atoms with E-state index in [-0.39, 0.29) is 31.2 Å². The first-order chi connectivity index (χ1) is 22.3. The van der Waals surface area contributed by atoms with Crippen LogP contribution in [0.4, 0.5) is 13.6 Å².